The van der Waals surface area contributed by atoms with Gasteiger partial charge in [0.25, 0.3) is 0 Å². The van der Waals surface area contributed by atoms with Gasteiger partial charge in [0.2, 0.25) is 10.0 Å². The maximum absolute atomic E-state index is 12.1. The van der Waals surface area contributed by atoms with Gasteiger partial charge in [-0.15, -0.1) is 0 Å². The van der Waals surface area contributed by atoms with Crippen LogP contribution in [0, 0.1) is 0 Å². The molecule has 0 atom stereocenters. The largest absolute Gasteiger partial charge is 0.495 e. The monoisotopic (exact) mass is 366 g/mol. The lowest BCUT2D eigenvalue weighted by Crippen LogP contribution is -2.27. The van der Waals surface area contributed by atoms with Gasteiger partial charge in [-0.1, -0.05) is 0 Å². The van der Waals surface area contributed by atoms with Gasteiger partial charge < -0.3 is 15.2 Å². The zero-order valence-electron chi connectivity index (χ0n) is 11.0. The molecule has 0 saturated carbocycles. The highest BCUT2D eigenvalue weighted by Gasteiger charge is 2.21. The number of carbonyl (C=O) groups excluding carboxylic acids is 1. The lowest BCUT2D eigenvalue weighted by molar-refractivity contribution is -0.140. The summed E-state index contributed by atoms with van der Waals surface area (Å²) < 4.78 is 36.5. The van der Waals surface area contributed by atoms with E-state index in [1.165, 1.54) is 26.4 Å². The van der Waals surface area contributed by atoms with E-state index in [1.54, 1.807) is 0 Å². The first-order valence-electron chi connectivity index (χ1n) is 5.51. The lowest BCUT2D eigenvalue weighted by atomic mass is 10.3. The SMILES string of the molecule is COC(=O)CCNS(=O)(=O)c1cc(N)c(Br)cc1OC. The minimum absolute atomic E-state index is 0.0654. The molecule has 1 aromatic rings. The van der Waals surface area contributed by atoms with Crippen molar-refractivity contribution in [2.75, 3.05) is 26.5 Å². The molecule has 1 rings (SSSR count). The highest BCUT2D eigenvalue weighted by molar-refractivity contribution is 9.10. The van der Waals surface area contributed by atoms with Gasteiger partial charge in [0.15, 0.2) is 0 Å². The fourth-order valence-electron chi connectivity index (χ4n) is 1.39. The van der Waals surface area contributed by atoms with E-state index in [9.17, 15) is 13.2 Å². The number of hydrogen-bond donors (Lipinski definition) is 2. The van der Waals surface area contributed by atoms with Crippen molar-refractivity contribution in [1.29, 1.82) is 0 Å². The van der Waals surface area contributed by atoms with Crippen LogP contribution in [-0.2, 0) is 19.6 Å². The molecule has 0 amide bonds. The molecule has 0 aromatic heterocycles. The molecule has 0 saturated heterocycles. The second-order valence-electron chi connectivity index (χ2n) is 3.75. The Labute approximate surface area is 125 Å². The first-order chi connectivity index (χ1) is 9.31. The van der Waals surface area contributed by atoms with Gasteiger partial charge in [-0.3, -0.25) is 4.79 Å². The van der Waals surface area contributed by atoms with Crippen molar-refractivity contribution in [1.82, 2.24) is 4.72 Å². The predicted octanol–water partition coefficient (Wildman–Crippen LogP) is 0.881. The molecule has 20 heavy (non-hydrogen) atoms. The number of hydrogen-bond acceptors (Lipinski definition) is 6. The van der Waals surface area contributed by atoms with E-state index in [0.717, 1.165) is 0 Å². The summed E-state index contributed by atoms with van der Waals surface area (Å²) in [4.78, 5) is 10.9. The molecule has 0 spiro atoms. The number of benzene rings is 1. The van der Waals surface area contributed by atoms with Crippen molar-refractivity contribution in [3.05, 3.63) is 16.6 Å². The van der Waals surface area contributed by atoms with Gasteiger partial charge in [-0.05, 0) is 28.1 Å². The summed E-state index contributed by atoms with van der Waals surface area (Å²) in [6.45, 7) is -0.0753. The Hall–Kier alpha value is -1.32. The summed E-state index contributed by atoms with van der Waals surface area (Å²) in [5.74, 6) is -0.355. The zero-order valence-corrected chi connectivity index (χ0v) is 13.4. The fourth-order valence-corrected chi connectivity index (χ4v) is 2.93. The van der Waals surface area contributed by atoms with E-state index in [2.05, 4.69) is 25.4 Å². The standard InChI is InChI=1S/C11H15BrN2O5S/c1-18-9-5-7(12)8(13)6-10(9)20(16,17)14-4-3-11(15)19-2/h5-6,14H,3-4,13H2,1-2H3. The van der Waals surface area contributed by atoms with Crippen molar-refractivity contribution in [3.8, 4) is 5.75 Å². The topological polar surface area (TPSA) is 108 Å². The lowest BCUT2D eigenvalue weighted by Gasteiger charge is -2.12. The van der Waals surface area contributed by atoms with Crippen LogP contribution < -0.4 is 15.2 Å². The Morgan fingerprint density at radius 2 is 2.05 bits per heavy atom. The Morgan fingerprint density at radius 3 is 2.60 bits per heavy atom. The number of methoxy groups -OCH3 is 2. The number of ether oxygens (including phenoxy) is 2. The van der Waals surface area contributed by atoms with Gasteiger partial charge in [0.05, 0.1) is 20.6 Å². The molecule has 1 aromatic carbocycles. The van der Waals surface area contributed by atoms with E-state index >= 15 is 0 Å². The third-order valence-electron chi connectivity index (χ3n) is 2.42. The summed E-state index contributed by atoms with van der Waals surface area (Å²) >= 11 is 3.19. The third-order valence-corrected chi connectivity index (χ3v) is 4.59. The molecule has 0 aliphatic rings. The zero-order chi connectivity index (χ0) is 15.3. The molecule has 0 radical (unpaired) electrons. The van der Waals surface area contributed by atoms with Crippen LogP contribution in [0.15, 0.2) is 21.5 Å². The van der Waals surface area contributed by atoms with Crippen molar-refractivity contribution in [2.24, 2.45) is 0 Å². The number of rotatable bonds is 6. The Balaban J connectivity index is 2.97. The number of esters is 1. The number of nitrogens with two attached hydrogens (primary N) is 1. The molecule has 0 bridgehead atoms. The average molecular weight is 367 g/mol. The van der Waals surface area contributed by atoms with Gasteiger partial charge in [0.1, 0.15) is 10.6 Å². The molecule has 7 nitrogen and oxygen atoms in total. The summed E-state index contributed by atoms with van der Waals surface area (Å²) in [5.41, 5.74) is 5.93. The second-order valence-corrected chi connectivity index (χ2v) is 6.34. The number of halogens is 1. The maximum atomic E-state index is 12.1. The van der Waals surface area contributed by atoms with E-state index in [0.29, 0.717) is 4.47 Å². The quantitative estimate of drug-likeness (QED) is 0.571. The van der Waals surface area contributed by atoms with Crippen LogP contribution in [0.25, 0.3) is 0 Å². The molecule has 0 aliphatic carbocycles. The predicted molar refractivity (Wildman–Crippen MR) is 76.9 cm³/mol. The minimum Gasteiger partial charge on any atom is -0.495 e. The minimum atomic E-state index is -3.83. The molecule has 9 heteroatoms. The Morgan fingerprint density at radius 1 is 1.40 bits per heavy atom. The van der Waals surface area contributed by atoms with E-state index in [-0.39, 0.29) is 29.3 Å². The molecule has 0 aliphatic heterocycles. The van der Waals surface area contributed by atoms with Crippen molar-refractivity contribution in [3.63, 3.8) is 0 Å². The Kier molecular flexibility index (Phi) is 5.78. The number of carbonyl (C=O) groups is 1. The van der Waals surface area contributed by atoms with Crippen LogP contribution in [0.1, 0.15) is 6.42 Å². The number of sulfonamides is 1. The highest BCUT2D eigenvalue weighted by atomic mass is 79.9. The summed E-state index contributed by atoms with van der Waals surface area (Å²) in [5, 5.41) is 0. The third kappa shape index (κ3) is 4.09. The van der Waals surface area contributed by atoms with Gasteiger partial charge >= 0.3 is 5.97 Å². The van der Waals surface area contributed by atoms with Gasteiger partial charge in [-0.25, -0.2) is 13.1 Å². The van der Waals surface area contributed by atoms with Crippen molar-refractivity contribution >= 4 is 37.6 Å². The Bertz CT molecular complexity index is 603. The van der Waals surface area contributed by atoms with Crippen LogP contribution in [0.3, 0.4) is 0 Å². The van der Waals surface area contributed by atoms with E-state index in [1.807, 2.05) is 0 Å². The number of nitrogen functional groups attached to an aromatic ring is 1. The average Bonchev–Trinajstić information content (AvgIpc) is 2.40. The smallest absolute Gasteiger partial charge is 0.306 e. The van der Waals surface area contributed by atoms with Crippen LogP contribution in [0.2, 0.25) is 0 Å². The van der Waals surface area contributed by atoms with Crippen molar-refractivity contribution < 1.29 is 22.7 Å². The first-order valence-corrected chi connectivity index (χ1v) is 7.79. The van der Waals surface area contributed by atoms with Crippen LogP contribution >= 0.6 is 15.9 Å². The second kappa shape index (κ2) is 6.91. The molecule has 0 fully saturated rings. The molecule has 3 N–H and O–H groups in total. The van der Waals surface area contributed by atoms with Gasteiger partial charge in [-0.2, -0.15) is 0 Å². The van der Waals surface area contributed by atoms with Gasteiger partial charge in [0, 0.05) is 16.7 Å². The molecule has 0 unspecified atom stereocenters. The first kappa shape index (κ1) is 16.7. The summed E-state index contributed by atoms with van der Waals surface area (Å²) in [7, 11) is -1.25. The number of nitrogens with one attached hydrogen (secondary N) is 1. The highest BCUT2D eigenvalue weighted by Crippen LogP contribution is 2.32. The van der Waals surface area contributed by atoms with Crippen LogP contribution in [-0.4, -0.2) is 35.2 Å². The summed E-state index contributed by atoms with van der Waals surface area (Å²) in [6.07, 6.45) is -0.0654. The van der Waals surface area contributed by atoms with Crippen LogP contribution in [0.5, 0.6) is 5.75 Å². The molecule has 112 valence electrons. The molecule has 0 heterocycles. The van der Waals surface area contributed by atoms with Crippen LogP contribution in [0.4, 0.5) is 5.69 Å². The molecular weight excluding hydrogens is 352 g/mol. The molecular formula is C11H15BrN2O5S. The normalized spacial score (nSPS) is 11.2. The van der Waals surface area contributed by atoms with E-state index < -0.39 is 16.0 Å². The number of anilines is 1. The van der Waals surface area contributed by atoms with Crippen molar-refractivity contribution in [2.45, 2.75) is 11.3 Å². The summed E-state index contributed by atoms with van der Waals surface area (Å²) in [6, 6.07) is 2.74. The maximum Gasteiger partial charge on any atom is 0.306 e. The fraction of sp³-hybridized carbons (Fsp3) is 0.364. The van der Waals surface area contributed by atoms with E-state index in [4.69, 9.17) is 10.5 Å².